The van der Waals surface area contributed by atoms with Gasteiger partial charge in [0, 0.05) is 38.2 Å². The normalized spacial score (nSPS) is 14.9. The van der Waals surface area contributed by atoms with Gasteiger partial charge in [-0.1, -0.05) is 12.1 Å². The number of hydrogen-bond donors (Lipinski definition) is 1. The van der Waals surface area contributed by atoms with Gasteiger partial charge in [-0.05, 0) is 17.7 Å². The lowest BCUT2D eigenvalue weighted by Gasteiger charge is -2.30. The molecule has 20 heavy (non-hydrogen) atoms. The molecular formula is C14H18N2O3S. The first-order chi connectivity index (χ1) is 9.58. The number of urea groups is 1. The second-order valence-corrected chi connectivity index (χ2v) is 5.96. The largest absolute Gasteiger partial charge is 0.478 e. The van der Waals surface area contributed by atoms with Gasteiger partial charge in [-0.15, -0.1) is 0 Å². The zero-order chi connectivity index (χ0) is 14.5. The highest BCUT2D eigenvalue weighted by Gasteiger charge is 2.20. The summed E-state index contributed by atoms with van der Waals surface area (Å²) in [5, 5.41) is 8.84. The van der Waals surface area contributed by atoms with E-state index in [2.05, 4.69) is 0 Å². The van der Waals surface area contributed by atoms with E-state index in [0.717, 1.165) is 30.2 Å². The summed E-state index contributed by atoms with van der Waals surface area (Å²) in [5.74, 6) is 1.05. The molecule has 0 saturated carbocycles. The third-order valence-corrected chi connectivity index (χ3v) is 4.17. The van der Waals surface area contributed by atoms with Crippen LogP contribution in [-0.4, -0.2) is 58.5 Å². The molecular weight excluding hydrogens is 276 g/mol. The highest BCUT2D eigenvalue weighted by molar-refractivity contribution is 7.99. The minimum absolute atomic E-state index is 0.0348. The van der Waals surface area contributed by atoms with Crippen LogP contribution in [0.4, 0.5) is 4.79 Å². The van der Waals surface area contributed by atoms with Crippen molar-refractivity contribution in [2.24, 2.45) is 0 Å². The Kier molecular flexibility index (Phi) is 4.89. The van der Waals surface area contributed by atoms with Crippen molar-refractivity contribution in [2.45, 2.75) is 6.54 Å². The van der Waals surface area contributed by atoms with E-state index in [-0.39, 0.29) is 11.6 Å². The molecule has 1 saturated heterocycles. The topological polar surface area (TPSA) is 60.9 Å². The van der Waals surface area contributed by atoms with Crippen LogP contribution in [0.5, 0.6) is 0 Å². The van der Waals surface area contributed by atoms with E-state index in [1.54, 1.807) is 36.2 Å². The molecule has 5 nitrogen and oxygen atoms in total. The van der Waals surface area contributed by atoms with E-state index >= 15 is 0 Å². The summed E-state index contributed by atoms with van der Waals surface area (Å²) < 4.78 is 0. The summed E-state index contributed by atoms with van der Waals surface area (Å²) in [6.07, 6.45) is 0. The molecule has 1 aliphatic rings. The number of carbonyl (C=O) groups excluding carboxylic acids is 1. The fourth-order valence-corrected chi connectivity index (χ4v) is 2.99. The average molecular weight is 294 g/mol. The van der Waals surface area contributed by atoms with E-state index < -0.39 is 5.97 Å². The predicted octanol–water partition coefficient (Wildman–Crippen LogP) is 1.99. The molecule has 2 rings (SSSR count). The number of thioether (sulfide) groups is 1. The number of amides is 2. The van der Waals surface area contributed by atoms with E-state index in [9.17, 15) is 9.59 Å². The average Bonchev–Trinajstić information content (AvgIpc) is 2.48. The molecule has 1 N–H and O–H groups in total. The Bertz CT molecular complexity index is 484. The third kappa shape index (κ3) is 3.66. The van der Waals surface area contributed by atoms with Crippen molar-refractivity contribution in [1.29, 1.82) is 0 Å². The van der Waals surface area contributed by atoms with Gasteiger partial charge in [0.15, 0.2) is 0 Å². The SMILES string of the molecule is CN(Cc1ccc(C(=O)O)cc1)C(=O)N1CCSCC1. The third-order valence-electron chi connectivity index (χ3n) is 3.23. The maximum Gasteiger partial charge on any atom is 0.335 e. The first-order valence-electron chi connectivity index (χ1n) is 6.48. The van der Waals surface area contributed by atoms with E-state index in [1.165, 1.54) is 0 Å². The van der Waals surface area contributed by atoms with Crippen molar-refractivity contribution < 1.29 is 14.7 Å². The molecule has 108 valence electrons. The van der Waals surface area contributed by atoms with Crippen molar-refractivity contribution in [1.82, 2.24) is 9.80 Å². The van der Waals surface area contributed by atoms with Crippen LogP contribution in [0.3, 0.4) is 0 Å². The molecule has 1 aromatic rings. The van der Waals surface area contributed by atoms with Crippen LogP contribution in [0.15, 0.2) is 24.3 Å². The number of benzene rings is 1. The second kappa shape index (κ2) is 6.65. The lowest BCUT2D eigenvalue weighted by molar-refractivity contribution is 0.0696. The molecule has 0 atom stereocenters. The van der Waals surface area contributed by atoms with Gasteiger partial charge in [0.2, 0.25) is 0 Å². The maximum absolute atomic E-state index is 12.2. The van der Waals surface area contributed by atoms with Crippen LogP contribution in [0, 0.1) is 0 Å². The monoisotopic (exact) mass is 294 g/mol. The van der Waals surface area contributed by atoms with E-state index in [1.807, 2.05) is 16.7 Å². The maximum atomic E-state index is 12.2. The molecule has 1 heterocycles. The molecule has 0 spiro atoms. The van der Waals surface area contributed by atoms with Crippen LogP contribution in [0.25, 0.3) is 0 Å². The number of hydrogen-bond acceptors (Lipinski definition) is 3. The summed E-state index contributed by atoms with van der Waals surface area (Å²) in [5.41, 5.74) is 1.19. The minimum Gasteiger partial charge on any atom is -0.478 e. The lowest BCUT2D eigenvalue weighted by Crippen LogP contribution is -2.44. The number of carboxylic acid groups (broad SMARTS) is 1. The summed E-state index contributed by atoms with van der Waals surface area (Å²) in [7, 11) is 1.77. The van der Waals surface area contributed by atoms with Crippen molar-refractivity contribution in [2.75, 3.05) is 31.6 Å². The number of carbonyl (C=O) groups is 2. The summed E-state index contributed by atoms with van der Waals surface area (Å²) in [6.45, 7) is 2.08. The Morgan fingerprint density at radius 1 is 1.25 bits per heavy atom. The smallest absolute Gasteiger partial charge is 0.335 e. The first-order valence-corrected chi connectivity index (χ1v) is 7.63. The van der Waals surface area contributed by atoms with Gasteiger partial charge in [-0.25, -0.2) is 9.59 Å². The molecule has 1 fully saturated rings. The van der Waals surface area contributed by atoms with Gasteiger partial charge >= 0.3 is 12.0 Å². The number of carboxylic acids is 1. The van der Waals surface area contributed by atoms with Gasteiger partial charge in [0.25, 0.3) is 0 Å². The molecule has 2 amide bonds. The minimum atomic E-state index is -0.938. The van der Waals surface area contributed by atoms with Gasteiger partial charge < -0.3 is 14.9 Å². The quantitative estimate of drug-likeness (QED) is 0.926. The number of aromatic carboxylic acids is 1. The van der Waals surface area contributed by atoms with Crippen molar-refractivity contribution in [3.05, 3.63) is 35.4 Å². The summed E-state index contributed by atoms with van der Waals surface area (Å²) in [4.78, 5) is 26.5. The van der Waals surface area contributed by atoms with Crippen LogP contribution in [0.2, 0.25) is 0 Å². The summed E-state index contributed by atoms with van der Waals surface area (Å²) >= 11 is 1.87. The highest BCUT2D eigenvalue weighted by Crippen LogP contribution is 2.13. The van der Waals surface area contributed by atoms with E-state index in [0.29, 0.717) is 6.54 Å². The zero-order valence-corrected chi connectivity index (χ0v) is 12.2. The standard InChI is InChI=1S/C14H18N2O3S/c1-15(14(19)16-6-8-20-9-7-16)10-11-2-4-12(5-3-11)13(17)18/h2-5H,6-10H2,1H3,(H,17,18). The predicted molar refractivity (Wildman–Crippen MR) is 79.2 cm³/mol. The molecule has 1 aliphatic heterocycles. The highest BCUT2D eigenvalue weighted by atomic mass is 32.2. The van der Waals surface area contributed by atoms with Gasteiger partial charge in [0.1, 0.15) is 0 Å². The van der Waals surface area contributed by atoms with Gasteiger partial charge in [-0.3, -0.25) is 0 Å². The Balaban J connectivity index is 1.94. The molecule has 0 aromatic heterocycles. The molecule has 1 aromatic carbocycles. The van der Waals surface area contributed by atoms with Crippen LogP contribution in [-0.2, 0) is 6.54 Å². The first kappa shape index (κ1) is 14.7. The number of nitrogens with zero attached hydrogens (tertiary/aromatic N) is 2. The van der Waals surface area contributed by atoms with Crippen molar-refractivity contribution in [3.63, 3.8) is 0 Å². The molecule has 0 unspecified atom stereocenters. The molecule has 0 radical (unpaired) electrons. The van der Waals surface area contributed by atoms with Crippen LogP contribution < -0.4 is 0 Å². The zero-order valence-electron chi connectivity index (χ0n) is 11.4. The van der Waals surface area contributed by atoms with Crippen molar-refractivity contribution in [3.8, 4) is 0 Å². The Hall–Kier alpha value is -1.69. The van der Waals surface area contributed by atoms with Crippen molar-refractivity contribution >= 4 is 23.8 Å². The van der Waals surface area contributed by atoms with Crippen LogP contribution in [0.1, 0.15) is 15.9 Å². The molecule has 0 bridgehead atoms. The Morgan fingerprint density at radius 3 is 2.40 bits per heavy atom. The summed E-state index contributed by atoms with van der Waals surface area (Å²) in [6, 6.07) is 6.66. The lowest BCUT2D eigenvalue weighted by atomic mass is 10.1. The van der Waals surface area contributed by atoms with Gasteiger partial charge in [-0.2, -0.15) is 11.8 Å². The number of rotatable bonds is 3. The Labute approximate surface area is 122 Å². The Morgan fingerprint density at radius 2 is 1.85 bits per heavy atom. The van der Waals surface area contributed by atoms with Crippen LogP contribution >= 0.6 is 11.8 Å². The fraction of sp³-hybridized carbons (Fsp3) is 0.429. The van der Waals surface area contributed by atoms with Gasteiger partial charge in [0.05, 0.1) is 5.56 Å². The molecule has 6 heteroatoms. The fourth-order valence-electron chi connectivity index (χ4n) is 2.09. The molecule has 0 aliphatic carbocycles. The second-order valence-electron chi connectivity index (χ2n) is 4.74. The van der Waals surface area contributed by atoms with E-state index in [4.69, 9.17) is 5.11 Å².